The first kappa shape index (κ1) is 21.4. The summed E-state index contributed by atoms with van der Waals surface area (Å²) in [4.78, 5) is 53.3. The van der Waals surface area contributed by atoms with E-state index in [4.69, 9.17) is 37.4 Å². The summed E-state index contributed by atoms with van der Waals surface area (Å²) in [5.41, 5.74) is -1.51. The van der Waals surface area contributed by atoms with E-state index in [-0.39, 0.29) is 42.0 Å². The summed E-state index contributed by atoms with van der Waals surface area (Å²) in [5.74, 6) is -0.527. The number of carbonyl (C=O) groups is 3. The predicted molar refractivity (Wildman–Crippen MR) is 117 cm³/mol. The van der Waals surface area contributed by atoms with E-state index in [1.807, 2.05) is 6.07 Å². The van der Waals surface area contributed by atoms with E-state index in [0.717, 1.165) is 5.56 Å². The van der Waals surface area contributed by atoms with Gasteiger partial charge < -0.3 is 18.8 Å². The van der Waals surface area contributed by atoms with Gasteiger partial charge >= 0.3 is 16.8 Å². The molecule has 0 bridgehead atoms. The quantitative estimate of drug-likeness (QED) is 0.311. The molecule has 0 aliphatic carbocycles. The van der Waals surface area contributed by atoms with Gasteiger partial charge in [-0.1, -0.05) is 6.92 Å². The Kier molecular flexibility index (Phi) is 4.91. The summed E-state index contributed by atoms with van der Waals surface area (Å²) in [5, 5.41) is 0.687. The summed E-state index contributed by atoms with van der Waals surface area (Å²) in [6.45, 7) is 1.63. The van der Waals surface area contributed by atoms with Crippen LogP contribution >= 0.6 is 23.2 Å². The Hall–Kier alpha value is -3.43. The Balaban J connectivity index is 1.70. The molecule has 0 radical (unpaired) electrons. The van der Waals surface area contributed by atoms with Gasteiger partial charge in [0.1, 0.15) is 12.4 Å². The smallest absolute Gasteiger partial charge is 0.409 e. The molecule has 3 aromatic rings. The number of ether oxygens (including phenoxy) is 3. The van der Waals surface area contributed by atoms with Crippen LogP contribution < -0.4 is 10.3 Å². The number of hydrogen-bond donors (Lipinski definition) is 0. The van der Waals surface area contributed by atoms with Gasteiger partial charge in [-0.2, -0.15) is 0 Å². The number of benzene rings is 1. The van der Waals surface area contributed by atoms with E-state index >= 15 is 0 Å². The molecule has 5 rings (SSSR count). The number of hydrogen-bond acceptors (Lipinski definition) is 8. The Morgan fingerprint density at radius 2 is 1.97 bits per heavy atom. The number of fused-ring (bicyclic) bond motifs is 5. The van der Waals surface area contributed by atoms with E-state index in [1.54, 1.807) is 31.2 Å². The molecule has 11 heteroatoms. The second-order valence-corrected chi connectivity index (χ2v) is 8.22. The minimum Gasteiger partial charge on any atom is -0.457 e. The van der Waals surface area contributed by atoms with Gasteiger partial charge in [-0.15, -0.1) is 0 Å². The fourth-order valence-corrected chi connectivity index (χ4v) is 4.64. The van der Waals surface area contributed by atoms with E-state index in [0.29, 0.717) is 22.3 Å². The standard InChI is InChI=1S/C22H14Cl2N2O7/c1-2-22(33-21(24)30)14-7-16-17-11(8-26(16)18(27)13(14)9-31-19(22)28)5-10-6-12(32-20(23)29)3-4-15(10)25-17/h3-7H,2,8-9H2,1H3. The summed E-state index contributed by atoms with van der Waals surface area (Å²) in [6, 6.07) is 8.30. The Morgan fingerprint density at radius 3 is 2.67 bits per heavy atom. The molecule has 1 atom stereocenters. The molecule has 1 unspecified atom stereocenters. The zero-order valence-electron chi connectivity index (χ0n) is 17.0. The third-order valence-corrected chi connectivity index (χ3v) is 6.05. The summed E-state index contributed by atoms with van der Waals surface area (Å²) in [6.07, 6.45) is 0.0280. The molecule has 2 aromatic heterocycles. The number of cyclic esters (lactones) is 1. The van der Waals surface area contributed by atoms with Crippen LogP contribution in [0.15, 0.2) is 35.1 Å². The van der Waals surface area contributed by atoms with Crippen molar-refractivity contribution in [1.82, 2.24) is 9.55 Å². The van der Waals surface area contributed by atoms with Crippen LogP contribution in [0.1, 0.15) is 30.0 Å². The van der Waals surface area contributed by atoms with Crippen molar-refractivity contribution in [1.29, 1.82) is 0 Å². The van der Waals surface area contributed by atoms with Gasteiger partial charge in [-0.05, 0) is 36.8 Å². The number of aromatic nitrogens is 2. The van der Waals surface area contributed by atoms with Crippen LogP contribution in [0, 0.1) is 0 Å². The molecule has 0 N–H and O–H groups in total. The van der Waals surface area contributed by atoms with Crippen molar-refractivity contribution in [2.45, 2.75) is 32.1 Å². The molecule has 4 heterocycles. The molecule has 2 aliphatic rings. The van der Waals surface area contributed by atoms with Crippen LogP contribution in [-0.2, 0) is 33.0 Å². The highest BCUT2D eigenvalue weighted by atomic mass is 35.5. The van der Waals surface area contributed by atoms with Crippen LogP contribution in [0.2, 0.25) is 0 Å². The van der Waals surface area contributed by atoms with Gasteiger partial charge in [0.2, 0.25) is 5.60 Å². The number of nitrogens with zero attached hydrogens (tertiary/aromatic N) is 2. The van der Waals surface area contributed by atoms with Crippen molar-refractivity contribution < 1.29 is 28.6 Å². The molecule has 1 aromatic carbocycles. The predicted octanol–water partition coefficient (Wildman–Crippen LogP) is 4.20. The monoisotopic (exact) mass is 488 g/mol. The lowest BCUT2D eigenvalue weighted by Crippen LogP contribution is -2.46. The molecule has 0 fully saturated rings. The van der Waals surface area contributed by atoms with Crippen molar-refractivity contribution in [3.8, 4) is 17.1 Å². The number of carbonyl (C=O) groups excluding carboxylic acids is 3. The molecule has 0 amide bonds. The number of pyridine rings is 2. The lowest BCUT2D eigenvalue weighted by atomic mass is 9.85. The highest BCUT2D eigenvalue weighted by molar-refractivity contribution is 6.61. The fourth-order valence-electron chi connectivity index (χ4n) is 4.41. The minimum atomic E-state index is -1.82. The van der Waals surface area contributed by atoms with Gasteiger partial charge in [-0.25, -0.2) is 19.4 Å². The SMILES string of the molecule is CCC1(OC(=O)Cl)C(=O)OCc2c1cc1n(c2=O)Cc2cc3cc(OC(=O)Cl)ccc3nc2-1. The molecule has 0 saturated heterocycles. The van der Waals surface area contributed by atoms with E-state index in [9.17, 15) is 19.2 Å². The first-order chi connectivity index (χ1) is 15.7. The maximum Gasteiger partial charge on any atom is 0.409 e. The number of halogens is 2. The first-order valence-electron chi connectivity index (χ1n) is 9.87. The van der Waals surface area contributed by atoms with Gasteiger partial charge in [0.15, 0.2) is 0 Å². The molecule has 9 nitrogen and oxygen atoms in total. The third-order valence-electron chi connectivity index (χ3n) is 5.90. The zero-order chi connectivity index (χ0) is 23.5. The van der Waals surface area contributed by atoms with Crippen molar-refractivity contribution >= 4 is 50.9 Å². The third kappa shape index (κ3) is 3.27. The van der Waals surface area contributed by atoms with E-state index < -0.39 is 22.4 Å². The van der Waals surface area contributed by atoms with Gasteiger partial charge in [0.05, 0.1) is 29.0 Å². The van der Waals surface area contributed by atoms with Crippen LogP contribution in [0.3, 0.4) is 0 Å². The minimum absolute atomic E-state index is 0.0280. The van der Waals surface area contributed by atoms with Crippen molar-refractivity contribution in [3.63, 3.8) is 0 Å². The lowest BCUT2D eigenvalue weighted by Gasteiger charge is -2.34. The average Bonchev–Trinajstić information content (AvgIpc) is 3.11. The second-order valence-electron chi connectivity index (χ2n) is 7.60. The molecular formula is C22H14Cl2N2O7. The van der Waals surface area contributed by atoms with Crippen LogP contribution in [-0.4, -0.2) is 26.4 Å². The molecule has 2 aliphatic heterocycles. The van der Waals surface area contributed by atoms with E-state index in [2.05, 4.69) is 4.98 Å². The Morgan fingerprint density at radius 1 is 1.18 bits per heavy atom. The summed E-state index contributed by atoms with van der Waals surface area (Å²) in [7, 11) is 0. The molecule has 33 heavy (non-hydrogen) atoms. The second kappa shape index (κ2) is 7.57. The highest BCUT2D eigenvalue weighted by Gasteiger charge is 2.50. The van der Waals surface area contributed by atoms with Gasteiger partial charge in [0, 0.05) is 39.7 Å². The maximum atomic E-state index is 13.3. The lowest BCUT2D eigenvalue weighted by molar-refractivity contribution is -0.171. The fraction of sp³-hybridized carbons (Fsp3) is 0.227. The molecule has 0 spiro atoms. The molecule has 0 saturated carbocycles. The van der Waals surface area contributed by atoms with Crippen LogP contribution in [0.4, 0.5) is 9.59 Å². The summed E-state index contributed by atoms with van der Waals surface area (Å²) < 4.78 is 16.8. The zero-order valence-corrected chi connectivity index (χ0v) is 18.5. The maximum absolute atomic E-state index is 13.3. The largest absolute Gasteiger partial charge is 0.457 e. The first-order valence-corrected chi connectivity index (χ1v) is 10.6. The Labute approximate surface area is 195 Å². The Bertz CT molecular complexity index is 1450. The molecule has 168 valence electrons. The van der Waals surface area contributed by atoms with Gasteiger partial charge in [0.25, 0.3) is 5.56 Å². The number of esters is 1. The topological polar surface area (TPSA) is 114 Å². The molecular weight excluding hydrogens is 475 g/mol. The average molecular weight is 489 g/mol. The van der Waals surface area contributed by atoms with Gasteiger partial charge in [-0.3, -0.25) is 4.79 Å². The normalized spacial score (nSPS) is 18.2. The van der Waals surface area contributed by atoms with Crippen LogP contribution in [0.5, 0.6) is 5.75 Å². The van der Waals surface area contributed by atoms with Crippen molar-refractivity contribution in [2.24, 2.45) is 0 Å². The number of rotatable bonds is 3. The van der Waals surface area contributed by atoms with E-state index in [1.165, 1.54) is 4.57 Å². The van der Waals surface area contributed by atoms with Crippen LogP contribution in [0.25, 0.3) is 22.3 Å². The summed E-state index contributed by atoms with van der Waals surface area (Å²) >= 11 is 10.7. The van der Waals surface area contributed by atoms with Crippen molar-refractivity contribution in [3.05, 3.63) is 57.4 Å². The highest BCUT2D eigenvalue weighted by Crippen LogP contribution is 2.41. The van der Waals surface area contributed by atoms with Crippen molar-refractivity contribution in [2.75, 3.05) is 0 Å².